The average molecular weight is 383 g/mol. The molecule has 0 bridgehead atoms. The van der Waals surface area contributed by atoms with Crippen LogP contribution in [0.15, 0.2) is 23.1 Å². The molecule has 1 amide bonds. The molecule has 1 atom stereocenters. The molecule has 0 aliphatic carbocycles. The van der Waals surface area contributed by atoms with E-state index in [9.17, 15) is 13.2 Å². The topological polar surface area (TPSA) is 97.0 Å². The number of anilines is 1. The summed E-state index contributed by atoms with van der Waals surface area (Å²) in [4.78, 5) is 12.6. The number of hydrogen-bond donors (Lipinski definition) is 2. The van der Waals surface area contributed by atoms with Gasteiger partial charge in [0.25, 0.3) is 0 Å². The molecule has 26 heavy (non-hydrogen) atoms. The van der Waals surface area contributed by atoms with Crippen LogP contribution in [0.2, 0.25) is 0 Å². The lowest BCUT2D eigenvalue weighted by Crippen LogP contribution is -2.40. The standard InChI is InChI=1S/C17H25N3O5S/c1-2-25-16-4-3-14(26(22,23)20-7-9-24-10-8-20)11-15(16)19-17(21)13-5-6-18-12-13/h3-4,11,13,18H,2,5-10,12H2,1H3,(H,19,21). The Hall–Kier alpha value is -1.68. The Bertz CT molecular complexity index is 741. The molecule has 2 fully saturated rings. The molecule has 3 rings (SSSR count). The SMILES string of the molecule is CCOc1ccc(S(=O)(=O)N2CCOCC2)cc1NC(=O)C1CCNC1. The van der Waals surface area contributed by atoms with Gasteiger partial charge in [-0.05, 0) is 38.1 Å². The lowest BCUT2D eigenvalue weighted by molar-refractivity contribution is -0.119. The van der Waals surface area contributed by atoms with Gasteiger partial charge in [0.2, 0.25) is 15.9 Å². The van der Waals surface area contributed by atoms with E-state index in [-0.39, 0.29) is 16.7 Å². The number of ether oxygens (including phenoxy) is 2. The minimum Gasteiger partial charge on any atom is -0.492 e. The molecule has 2 heterocycles. The highest BCUT2D eigenvalue weighted by atomic mass is 32.2. The molecule has 2 N–H and O–H groups in total. The third-order valence-electron chi connectivity index (χ3n) is 4.55. The first kappa shape index (κ1) is 19.1. The number of amides is 1. The van der Waals surface area contributed by atoms with E-state index in [2.05, 4.69) is 10.6 Å². The maximum absolute atomic E-state index is 12.9. The van der Waals surface area contributed by atoms with Gasteiger partial charge in [0.05, 0.1) is 36.3 Å². The smallest absolute Gasteiger partial charge is 0.243 e. The van der Waals surface area contributed by atoms with Gasteiger partial charge < -0.3 is 20.1 Å². The summed E-state index contributed by atoms with van der Waals surface area (Å²) in [5.74, 6) is 0.216. The predicted molar refractivity (Wildman–Crippen MR) is 96.8 cm³/mol. The first-order chi connectivity index (χ1) is 12.5. The zero-order chi connectivity index (χ0) is 18.6. The Balaban J connectivity index is 1.86. The van der Waals surface area contributed by atoms with Crippen molar-refractivity contribution in [3.8, 4) is 5.75 Å². The van der Waals surface area contributed by atoms with Crippen molar-refractivity contribution in [2.45, 2.75) is 18.2 Å². The molecule has 1 unspecified atom stereocenters. The summed E-state index contributed by atoms with van der Waals surface area (Å²) in [7, 11) is -3.64. The van der Waals surface area contributed by atoms with Gasteiger partial charge >= 0.3 is 0 Å². The Morgan fingerprint density at radius 2 is 2.15 bits per heavy atom. The van der Waals surface area contributed by atoms with E-state index in [0.717, 1.165) is 13.0 Å². The van der Waals surface area contributed by atoms with Gasteiger partial charge in [0.1, 0.15) is 5.75 Å². The highest BCUT2D eigenvalue weighted by Gasteiger charge is 2.28. The number of hydrogen-bond acceptors (Lipinski definition) is 6. The molecular weight excluding hydrogens is 358 g/mol. The Morgan fingerprint density at radius 3 is 2.81 bits per heavy atom. The quantitative estimate of drug-likeness (QED) is 0.749. The third-order valence-corrected chi connectivity index (χ3v) is 6.44. The number of morpholine rings is 1. The van der Waals surface area contributed by atoms with Crippen LogP contribution in [0.3, 0.4) is 0 Å². The fraction of sp³-hybridized carbons (Fsp3) is 0.588. The van der Waals surface area contributed by atoms with Crippen molar-refractivity contribution in [1.82, 2.24) is 9.62 Å². The molecule has 0 aromatic heterocycles. The first-order valence-electron chi connectivity index (χ1n) is 8.88. The molecule has 1 aromatic rings. The van der Waals surface area contributed by atoms with E-state index < -0.39 is 10.0 Å². The van der Waals surface area contributed by atoms with Crippen LogP contribution in [-0.2, 0) is 19.6 Å². The van der Waals surface area contributed by atoms with Gasteiger partial charge in [0, 0.05) is 19.6 Å². The average Bonchev–Trinajstić information content (AvgIpc) is 3.19. The van der Waals surface area contributed by atoms with Gasteiger partial charge in [-0.3, -0.25) is 4.79 Å². The highest BCUT2D eigenvalue weighted by Crippen LogP contribution is 2.30. The molecule has 2 saturated heterocycles. The Morgan fingerprint density at radius 1 is 1.38 bits per heavy atom. The minimum atomic E-state index is -3.64. The normalized spacial score (nSPS) is 21.5. The summed E-state index contributed by atoms with van der Waals surface area (Å²) < 4.78 is 37.9. The van der Waals surface area contributed by atoms with Crippen molar-refractivity contribution in [3.05, 3.63) is 18.2 Å². The molecule has 2 aliphatic rings. The maximum atomic E-state index is 12.9. The second kappa shape index (κ2) is 8.34. The van der Waals surface area contributed by atoms with E-state index in [1.807, 2.05) is 6.92 Å². The number of benzene rings is 1. The van der Waals surface area contributed by atoms with Crippen molar-refractivity contribution in [2.24, 2.45) is 5.92 Å². The van der Waals surface area contributed by atoms with Crippen LogP contribution in [0.25, 0.3) is 0 Å². The van der Waals surface area contributed by atoms with Crippen molar-refractivity contribution < 1.29 is 22.7 Å². The number of sulfonamides is 1. The molecular formula is C17H25N3O5S. The highest BCUT2D eigenvalue weighted by molar-refractivity contribution is 7.89. The van der Waals surface area contributed by atoms with Gasteiger partial charge in [-0.2, -0.15) is 4.31 Å². The lowest BCUT2D eigenvalue weighted by Gasteiger charge is -2.26. The summed E-state index contributed by atoms with van der Waals surface area (Å²) in [6.07, 6.45) is 0.765. The number of carbonyl (C=O) groups is 1. The molecule has 0 radical (unpaired) electrons. The predicted octanol–water partition coefficient (Wildman–Crippen LogP) is 0.654. The van der Waals surface area contributed by atoms with Crippen LogP contribution in [-0.4, -0.2) is 64.6 Å². The van der Waals surface area contributed by atoms with Crippen LogP contribution < -0.4 is 15.4 Å². The van der Waals surface area contributed by atoms with E-state index in [0.29, 0.717) is 50.9 Å². The van der Waals surface area contributed by atoms with Crippen molar-refractivity contribution >= 4 is 21.6 Å². The van der Waals surface area contributed by atoms with Gasteiger partial charge in [-0.15, -0.1) is 0 Å². The third kappa shape index (κ3) is 4.17. The van der Waals surface area contributed by atoms with Crippen molar-refractivity contribution in [2.75, 3.05) is 51.3 Å². The molecule has 8 nitrogen and oxygen atoms in total. The number of rotatable bonds is 6. The summed E-state index contributed by atoms with van der Waals surface area (Å²) >= 11 is 0. The van der Waals surface area contributed by atoms with Crippen molar-refractivity contribution in [1.29, 1.82) is 0 Å². The summed E-state index contributed by atoms with van der Waals surface area (Å²) in [5, 5.41) is 5.99. The maximum Gasteiger partial charge on any atom is 0.243 e. The van der Waals surface area contributed by atoms with Gasteiger partial charge in [-0.1, -0.05) is 0 Å². The van der Waals surface area contributed by atoms with E-state index >= 15 is 0 Å². The number of carbonyl (C=O) groups excluding carboxylic acids is 1. The molecule has 2 aliphatic heterocycles. The van der Waals surface area contributed by atoms with E-state index in [1.165, 1.54) is 16.4 Å². The fourth-order valence-corrected chi connectivity index (χ4v) is 4.53. The molecule has 1 aromatic carbocycles. The molecule has 0 saturated carbocycles. The van der Waals surface area contributed by atoms with Crippen LogP contribution in [0.1, 0.15) is 13.3 Å². The van der Waals surface area contributed by atoms with Crippen LogP contribution in [0.4, 0.5) is 5.69 Å². The lowest BCUT2D eigenvalue weighted by atomic mass is 10.1. The summed E-state index contributed by atoms with van der Waals surface area (Å²) in [5.41, 5.74) is 0.387. The van der Waals surface area contributed by atoms with Crippen LogP contribution in [0, 0.1) is 5.92 Å². The Kier molecular flexibility index (Phi) is 6.13. The van der Waals surface area contributed by atoms with E-state index in [1.54, 1.807) is 6.07 Å². The number of nitrogens with one attached hydrogen (secondary N) is 2. The van der Waals surface area contributed by atoms with E-state index in [4.69, 9.17) is 9.47 Å². The van der Waals surface area contributed by atoms with Crippen LogP contribution in [0.5, 0.6) is 5.75 Å². The van der Waals surface area contributed by atoms with Gasteiger partial charge in [-0.25, -0.2) is 8.42 Å². The minimum absolute atomic E-state index is 0.121. The Labute approximate surface area is 153 Å². The monoisotopic (exact) mass is 383 g/mol. The zero-order valence-electron chi connectivity index (χ0n) is 14.9. The van der Waals surface area contributed by atoms with Crippen molar-refractivity contribution in [3.63, 3.8) is 0 Å². The molecule has 0 spiro atoms. The fourth-order valence-electron chi connectivity index (χ4n) is 3.10. The molecule has 9 heteroatoms. The molecule has 144 valence electrons. The van der Waals surface area contributed by atoms with Gasteiger partial charge in [0.15, 0.2) is 0 Å². The second-order valence-corrected chi connectivity index (χ2v) is 8.22. The number of nitrogens with zero attached hydrogens (tertiary/aromatic N) is 1. The summed E-state index contributed by atoms with van der Waals surface area (Å²) in [6, 6.07) is 4.60. The first-order valence-corrected chi connectivity index (χ1v) is 10.3. The van der Waals surface area contributed by atoms with Crippen LogP contribution >= 0.6 is 0 Å². The summed E-state index contributed by atoms with van der Waals surface area (Å²) in [6.45, 7) is 5.11. The zero-order valence-corrected chi connectivity index (χ0v) is 15.7. The largest absolute Gasteiger partial charge is 0.492 e. The second-order valence-electron chi connectivity index (χ2n) is 6.29.